The molecule has 0 radical (unpaired) electrons. The van der Waals surface area contributed by atoms with E-state index in [9.17, 15) is 9.18 Å². The van der Waals surface area contributed by atoms with Crippen LogP contribution in [0.1, 0.15) is 19.9 Å². The molecular formula is C17H20FN3O2. The summed E-state index contributed by atoms with van der Waals surface area (Å²) in [5.41, 5.74) is 1.02. The predicted octanol–water partition coefficient (Wildman–Crippen LogP) is 1.89. The van der Waals surface area contributed by atoms with Crippen molar-refractivity contribution in [1.82, 2.24) is 9.88 Å². The van der Waals surface area contributed by atoms with Gasteiger partial charge in [-0.05, 0) is 19.9 Å². The van der Waals surface area contributed by atoms with Crippen LogP contribution in [0.4, 0.5) is 10.1 Å². The minimum absolute atomic E-state index is 0.115. The molecule has 2 aromatic rings. The fraction of sp³-hybridized carbons (Fsp3) is 0.471. The summed E-state index contributed by atoms with van der Waals surface area (Å²) < 4.78 is 22.8. The van der Waals surface area contributed by atoms with Crippen molar-refractivity contribution in [2.24, 2.45) is 0 Å². The first-order valence-electron chi connectivity index (χ1n) is 8.05. The van der Waals surface area contributed by atoms with Gasteiger partial charge in [-0.2, -0.15) is 0 Å². The summed E-state index contributed by atoms with van der Waals surface area (Å²) in [5.74, 6) is 0.121. The van der Waals surface area contributed by atoms with Crippen LogP contribution in [0.5, 0.6) is 5.75 Å². The predicted molar refractivity (Wildman–Crippen MR) is 88.0 cm³/mol. The molecule has 1 N–H and O–H groups in total. The van der Waals surface area contributed by atoms with Gasteiger partial charge in [0.1, 0.15) is 12.3 Å². The summed E-state index contributed by atoms with van der Waals surface area (Å²) >= 11 is 0. The average Bonchev–Trinajstić information content (AvgIpc) is 2.54. The van der Waals surface area contributed by atoms with Crippen molar-refractivity contribution >= 4 is 16.6 Å². The zero-order valence-electron chi connectivity index (χ0n) is 13.3. The number of pyridine rings is 1. The number of hydrogen-bond donors (Lipinski definition) is 1. The van der Waals surface area contributed by atoms with E-state index in [1.54, 1.807) is 6.20 Å². The maximum atomic E-state index is 14.9. The molecule has 0 aliphatic carbocycles. The highest BCUT2D eigenvalue weighted by molar-refractivity contribution is 5.92. The lowest BCUT2D eigenvalue weighted by molar-refractivity contribution is 0.246. The highest BCUT2D eigenvalue weighted by Gasteiger charge is 2.30. The molecule has 5 nitrogen and oxygen atoms in total. The monoisotopic (exact) mass is 317 g/mol. The van der Waals surface area contributed by atoms with Crippen LogP contribution in [0, 0.1) is 5.82 Å². The SMILES string of the molecule is CC1CNCCN1c1c(F)cc2c(=O)ccn3c2c1OCC3C. The number of ether oxygens (including phenoxy) is 1. The first-order valence-corrected chi connectivity index (χ1v) is 8.05. The molecule has 0 spiro atoms. The summed E-state index contributed by atoms with van der Waals surface area (Å²) in [5, 5.41) is 3.70. The third kappa shape index (κ3) is 2.12. The van der Waals surface area contributed by atoms with E-state index < -0.39 is 0 Å². The Morgan fingerprint density at radius 1 is 1.35 bits per heavy atom. The van der Waals surface area contributed by atoms with Gasteiger partial charge in [0.15, 0.2) is 17.0 Å². The van der Waals surface area contributed by atoms with Crippen molar-refractivity contribution in [1.29, 1.82) is 0 Å². The molecule has 1 fully saturated rings. The third-order valence-corrected chi connectivity index (χ3v) is 4.82. The van der Waals surface area contributed by atoms with Gasteiger partial charge in [0.05, 0.1) is 16.9 Å². The number of nitrogens with one attached hydrogen (secondary N) is 1. The van der Waals surface area contributed by atoms with Gasteiger partial charge in [0, 0.05) is 37.9 Å². The van der Waals surface area contributed by atoms with E-state index >= 15 is 0 Å². The normalized spacial score (nSPS) is 23.9. The summed E-state index contributed by atoms with van der Waals surface area (Å²) in [6.07, 6.45) is 1.78. The van der Waals surface area contributed by atoms with E-state index in [0.717, 1.165) is 13.1 Å². The Bertz CT molecular complexity index is 833. The molecule has 2 aliphatic heterocycles. The summed E-state index contributed by atoms with van der Waals surface area (Å²) in [6.45, 7) is 6.89. The molecule has 0 amide bonds. The Hall–Kier alpha value is -2.08. The van der Waals surface area contributed by atoms with Crippen molar-refractivity contribution < 1.29 is 9.13 Å². The molecule has 6 heteroatoms. The second-order valence-electron chi connectivity index (χ2n) is 6.43. The summed E-state index contributed by atoms with van der Waals surface area (Å²) in [6, 6.07) is 3.15. The van der Waals surface area contributed by atoms with Crippen LogP contribution in [-0.4, -0.2) is 36.9 Å². The van der Waals surface area contributed by atoms with E-state index in [0.29, 0.717) is 35.5 Å². The van der Waals surface area contributed by atoms with Crippen LogP contribution < -0.4 is 20.4 Å². The van der Waals surface area contributed by atoms with Crippen LogP contribution in [0.15, 0.2) is 23.1 Å². The van der Waals surface area contributed by atoms with Crippen molar-refractivity contribution in [2.45, 2.75) is 25.9 Å². The molecule has 23 heavy (non-hydrogen) atoms. The maximum absolute atomic E-state index is 14.9. The number of benzene rings is 1. The zero-order valence-corrected chi connectivity index (χ0v) is 13.3. The van der Waals surface area contributed by atoms with Gasteiger partial charge in [-0.3, -0.25) is 4.79 Å². The molecule has 3 heterocycles. The van der Waals surface area contributed by atoms with Crippen molar-refractivity contribution in [3.05, 3.63) is 34.4 Å². The van der Waals surface area contributed by atoms with E-state index in [4.69, 9.17) is 4.74 Å². The van der Waals surface area contributed by atoms with E-state index in [1.807, 2.05) is 16.4 Å². The van der Waals surface area contributed by atoms with Gasteiger partial charge in [-0.15, -0.1) is 0 Å². The Morgan fingerprint density at radius 3 is 2.96 bits per heavy atom. The third-order valence-electron chi connectivity index (χ3n) is 4.82. The second kappa shape index (κ2) is 5.23. The quantitative estimate of drug-likeness (QED) is 0.872. The number of aromatic nitrogens is 1. The standard InChI is InChI=1S/C17H20FN3O2/c1-10-8-19-4-6-21(10)16-13(18)7-12-14(22)3-5-20-11(2)9-23-17(16)15(12)20/h3,5,7,10-11,19H,4,6,8-9H2,1-2H3. The lowest BCUT2D eigenvalue weighted by Gasteiger charge is -2.38. The molecule has 1 saturated heterocycles. The van der Waals surface area contributed by atoms with Crippen LogP contribution in [-0.2, 0) is 0 Å². The van der Waals surface area contributed by atoms with E-state index in [2.05, 4.69) is 12.2 Å². The molecular weight excluding hydrogens is 297 g/mol. The Kier molecular flexibility index (Phi) is 3.30. The van der Waals surface area contributed by atoms with Crippen molar-refractivity contribution in [3.8, 4) is 5.75 Å². The molecule has 2 atom stereocenters. The molecule has 1 aromatic carbocycles. The molecule has 2 aliphatic rings. The Morgan fingerprint density at radius 2 is 2.17 bits per heavy atom. The van der Waals surface area contributed by atoms with Crippen molar-refractivity contribution in [2.75, 3.05) is 31.1 Å². The van der Waals surface area contributed by atoms with Gasteiger partial charge < -0.3 is 19.5 Å². The largest absolute Gasteiger partial charge is 0.487 e. The molecule has 1 aromatic heterocycles. The molecule has 4 rings (SSSR count). The van der Waals surface area contributed by atoms with Gasteiger partial charge in [0.2, 0.25) is 0 Å². The van der Waals surface area contributed by atoms with E-state index in [-0.39, 0.29) is 23.3 Å². The van der Waals surface area contributed by atoms with Gasteiger partial charge in [0.25, 0.3) is 0 Å². The summed E-state index contributed by atoms with van der Waals surface area (Å²) in [7, 11) is 0. The minimum atomic E-state index is -0.384. The topological polar surface area (TPSA) is 46.5 Å². The van der Waals surface area contributed by atoms with Crippen LogP contribution >= 0.6 is 0 Å². The zero-order chi connectivity index (χ0) is 16.1. The molecule has 2 unspecified atom stereocenters. The first kappa shape index (κ1) is 14.5. The lowest BCUT2D eigenvalue weighted by atomic mass is 10.1. The van der Waals surface area contributed by atoms with E-state index in [1.165, 1.54) is 12.1 Å². The molecule has 122 valence electrons. The highest BCUT2D eigenvalue weighted by atomic mass is 19.1. The Labute approximate surface area is 133 Å². The average molecular weight is 317 g/mol. The Balaban J connectivity index is 2.03. The number of hydrogen-bond acceptors (Lipinski definition) is 4. The first-order chi connectivity index (χ1) is 11.1. The molecule has 0 bridgehead atoms. The fourth-order valence-electron chi connectivity index (χ4n) is 3.59. The van der Waals surface area contributed by atoms with Crippen molar-refractivity contribution in [3.63, 3.8) is 0 Å². The van der Waals surface area contributed by atoms with Crippen LogP contribution in [0.2, 0.25) is 0 Å². The van der Waals surface area contributed by atoms with Gasteiger partial charge in [-0.1, -0.05) is 0 Å². The number of anilines is 1. The van der Waals surface area contributed by atoms with Gasteiger partial charge >= 0.3 is 0 Å². The second-order valence-corrected chi connectivity index (χ2v) is 6.43. The van der Waals surface area contributed by atoms with Gasteiger partial charge in [-0.25, -0.2) is 4.39 Å². The highest BCUT2D eigenvalue weighted by Crippen LogP contribution is 2.42. The lowest BCUT2D eigenvalue weighted by Crippen LogP contribution is -2.50. The minimum Gasteiger partial charge on any atom is -0.487 e. The number of rotatable bonds is 1. The summed E-state index contributed by atoms with van der Waals surface area (Å²) in [4.78, 5) is 14.2. The number of halogens is 1. The molecule has 0 saturated carbocycles. The smallest absolute Gasteiger partial charge is 0.189 e. The fourth-order valence-corrected chi connectivity index (χ4v) is 3.59. The number of nitrogens with zero attached hydrogens (tertiary/aromatic N) is 2. The van der Waals surface area contributed by atoms with Crippen LogP contribution in [0.3, 0.4) is 0 Å². The maximum Gasteiger partial charge on any atom is 0.189 e. The van der Waals surface area contributed by atoms with Crippen LogP contribution in [0.25, 0.3) is 10.9 Å². The number of piperazine rings is 1.